The van der Waals surface area contributed by atoms with E-state index in [1.807, 2.05) is 0 Å². The monoisotopic (exact) mass is 318 g/mol. The molecule has 0 amide bonds. The third-order valence-electron chi connectivity index (χ3n) is 2.31. The number of nitro groups is 1. The van der Waals surface area contributed by atoms with Gasteiger partial charge in [-0.2, -0.15) is 0 Å². The molecule has 0 spiro atoms. The Hall–Kier alpha value is -1.18. The van der Waals surface area contributed by atoms with Crippen molar-refractivity contribution in [3.8, 4) is 0 Å². The summed E-state index contributed by atoms with van der Waals surface area (Å²) in [6.45, 7) is 0.692. The zero-order valence-electron chi connectivity index (χ0n) is 9.93. The van der Waals surface area contributed by atoms with Crippen molar-refractivity contribution in [3.63, 3.8) is 0 Å². The summed E-state index contributed by atoms with van der Waals surface area (Å²) < 4.78 is 5.44. The highest BCUT2D eigenvalue weighted by molar-refractivity contribution is 9.10. The normalized spacial score (nSPS) is 12.2. The molecule has 1 rings (SSSR count). The van der Waals surface area contributed by atoms with Gasteiger partial charge in [-0.1, -0.05) is 15.9 Å². The molecular weight excluding hydrogens is 304 g/mol. The van der Waals surface area contributed by atoms with E-state index < -0.39 is 11.0 Å². The van der Waals surface area contributed by atoms with Gasteiger partial charge >= 0.3 is 0 Å². The van der Waals surface area contributed by atoms with Crippen LogP contribution in [0.5, 0.6) is 0 Å². The van der Waals surface area contributed by atoms with Gasteiger partial charge in [0.15, 0.2) is 0 Å². The first kappa shape index (κ1) is 14.9. The van der Waals surface area contributed by atoms with Crippen LogP contribution in [0.25, 0.3) is 0 Å². The Morgan fingerprint density at radius 1 is 1.61 bits per heavy atom. The molecule has 0 aliphatic rings. The molecule has 7 heteroatoms. The predicted octanol–water partition coefficient (Wildman–Crippen LogP) is 2.17. The summed E-state index contributed by atoms with van der Waals surface area (Å²) in [7, 11) is 1.51. The largest absolute Gasteiger partial charge is 0.391 e. The quantitative estimate of drug-likeness (QED) is 0.594. The van der Waals surface area contributed by atoms with Crippen LogP contribution in [0.1, 0.15) is 6.42 Å². The lowest BCUT2D eigenvalue weighted by Crippen LogP contribution is -2.18. The van der Waals surface area contributed by atoms with Crippen LogP contribution in [0.2, 0.25) is 0 Å². The van der Waals surface area contributed by atoms with Gasteiger partial charge in [0.1, 0.15) is 5.69 Å². The molecule has 2 N–H and O–H groups in total. The van der Waals surface area contributed by atoms with Crippen LogP contribution in [0, 0.1) is 10.1 Å². The number of benzene rings is 1. The van der Waals surface area contributed by atoms with Gasteiger partial charge in [-0.15, -0.1) is 0 Å². The Balaban J connectivity index is 2.59. The SMILES string of the molecule is COCC(O)CCNc1ccc(Br)cc1[N+](=O)[O-]. The van der Waals surface area contributed by atoms with Gasteiger partial charge in [0.2, 0.25) is 0 Å². The van der Waals surface area contributed by atoms with Crippen molar-refractivity contribution in [2.45, 2.75) is 12.5 Å². The summed E-state index contributed by atoms with van der Waals surface area (Å²) in [5, 5.41) is 23.2. The molecule has 1 unspecified atom stereocenters. The van der Waals surface area contributed by atoms with E-state index in [2.05, 4.69) is 21.2 Å². The van der Waals surface area contributed by atoms with Crippen LogP contribution in [0.4, 0.5) is 11.4 Å². The maximum absolute atomic E-state index is 10.8. The molecule has 1 atom stereocenters. The molecule has 0 aliphatic heterocycles. The molecular formula is C11H15BrN2O4. The number of anilines is 1. The molecule has 0 heterocycles. The summed E-state index contributed by atoms with van der Waals surface area (Å²) >= 11 is 3.19. The van der Waals surface area contributed by atoms with Gasteiger partial charge < -0.3 is 15.2 Å². The summed E-state index contributed by atoms with van der Waals surface area (Å²) in [6.07, 6.45) is -0.113. The molecule has 18 heavy (non-hydrogen) atoms. The van der Waals surface area contributed by atoms with Gasteiger partial charge in [-0.3, -0.25) is 10.1 Å². The highest BCUT2D eigenvalue weighted by Crippen LogP contribution is 2.27. The zero-order chi connectivity index (χ0) is 13.5. The van der Waals surface area contributed by atoms with Crippen molar-refractivity contribution >= 4 is 27.3 Å². The minimum absolute atomic E-state index is 0.00519. The third-order valence-corrected chi connectivity index (χ3v) is 2.80. The molecule has 100 valence electrons. The molecule has 0 aliphatic carbocycles. The summed E-state index contributed by atoms with van der Waals surface area (Å²) in [5.41, 5.74) is 0.443. The van der Waals surface area contributed by atoms with E-state index in [9.17, 15) is 15.2 Å². The number of nitrogens with zero attached hydrogens (tertiary/aromatic N) is 1. The molecule has 6 nitrogen and oxygen atoms in total. The molecule has 0 aromatic heterocycles. The van der Waals surface area contributed by atoms with Gasteiger partial charge in [-0.05, 0) is 18.6 Å². The molecule has 1 aromatic rings. The fourth-order valence-electron chi connectivity index (χ4n) is 1.45. The third kappa shape index (κ3) is 4.59. The maximum atomic E-state index is 10.8. The first-order valence-electron chi connectivity index (χ1n) is 5.39. The number of halogens is 1. The standard InChI is InChI=1S/C11H15BrN2O4/c1-18-7-9(15)4-5-13-10-3-2-8(12)6-11(10)14(16)17/h2-3,6,9,13,15H,4-5,7H2,1H3. The minimum Gasteiger partial charge on any atom is -0.391 e. The molecule has 0 saturated carbocycles. The van der Waals surface area contributed by atoms with Crippen LogP contribution in [0.15, 0.2) is 22.7 Å². The van der Waals surface area contributed by atoms with E-state index >= 15 is 0 Å². The molecule has 0 fully saturated rings. The predicted molar refractivity (Wildman–Crippen MR) is 71.8 cm³/mol. The molecule has 0 saturated heterocycles. The van der Waals surface area contributed by atoms with Crippen LogP contribution < -0.4 is 5.32 Å². The van der Waals surface area contributed by atoms with Crippen molar-refractivity contribution in [3.05, 3.63) is 32.8 Å². The number of methoxy groups -OCH3 is 1. The average molecular weight is 319 g/mol. The number of ether oxygens (including phenoxy) is 1. The summed E-state index contributed by atoms with van der Waals surface area (Å²) in [6, 6.07) is 4.79. The van der Waals surface area contributed by atoms with Crippen molar-refractivity contribution in [1.29, 1.82) is 0 Å². The molecule has 1 aromatic carbocycles. The van der Waals surface area contributed by atoms with E-state index in [1.165, 1.54) is 13.2 Å². The van der Waals surface area contributed by atoms with Gasteiger partial charge in [0.25, 0.3) is 5.69 Å². The Bertz CT molecular complexity index is 414. The second kappa shape index (κ2) is 7.30. The van der Waals surface area contributed by atoms with Crippen LogP contribution in [0.3, 0.4) is 0 Å². The second-order valence-corrected chi connectivity index (χ2v) is 4.66. The van der Waals surface area contributed by atoms with E-state index in [4.69, 9.17) is 4.74 Å². The average Bonchev–Trinajstić information content (AvgIpc) is 2.31. The summed E-state index contributed by atoms with van der Waals surface area (Å²) in [4.78, 5) is 10.4. The van der Waals surface area contributed by atoms with Crippen LogP contribution in [-0.4, -0.2) is 36.4 Å². The van der Waals surface area contributed by atoms with Gasteiger partial charge in [0, 0.05) is 24.2 Å². The van der Waals surface area contributed by atoms with E-state index in [-0.39, 0.29) is 12.3 Å². The number of hydrogen-bond donors (Lipinski definition) is 2. The number of nitro benzene ring substituents is 1. The first-order valence-corrected chi connectivity index (χ1v) is 6.18. The number of nitrogens with one attached hydrogen (secondary N) is 1. The lowest BCUT2D eigenvalue weighted by Gasteiger charge is -2.11. The van der Waals surface area contributed by atoms with Crippen molar-refractivity contribution in [1.82, 2.24) is 0 Å². The number of rotatable bonds is 7. The van der Waals surface area contributed by atoms with E-state index in [1.54, 1.807) is 12.1 Å². The van der Waals surface area contributed by atoms with Crippen LogP contribution in [-0.2, 0) is 4.74 Å². The van der Waals surface area contributed by atoms with Crippen LogP contribution >= 0.6 is 15.9 Å². The van der Waals surface area contributed by atoms with Crippen molar-refractivity contribution < 1.29 is 14.8 Å². The lowest BCUT2D eigenvalue weighted by atomic mass is 10.2. The van der Waals surface area contributed by atoms with Crippen molar-refractivity contribution in [2.24, 2.45) is 0 Å². The van der Waals surface area contributed by atoms with E-state index in [0.717, 1.165) is 0 Å². The highest BCUT2D eigenvalue weighted by atomic mass is 79.9. The maximum Gasteiger partial charge on any atom is 0.293 e. The fraction of sp³-hybridized carbons (Fsp3) is 0.455. The zero-order valence-corrected chi connectivity index (χ0v) is 11.5. The smallest absolute Gasteiger partial charge is 0.293 e. The lowest BCUT2D eigenvalue weighted by molar-refractivity contribution is -0.384. The Labute approximate surface area is 113 Å². The first-order chi connectivity index (χ1) is 8.54. The molecule has 0 bridgehead atoms. The van der Waals surface area contributed by atoms with E-state index in [0.29, 0.717) is 23.1 Å². The summed E-state index contributed by atoms with van der Waals surface area (Å²) in [5.74, 6) is 0. The minimum atomic E-state index is -0.572. The Morgan fingerprint density at radius 3 is 2.94 bits per heavy atom. The topological polar surface area (TPSA) is 84.6 Å². The van der Waals surface area contributed by atoms with Gasteiger partial charge in [-0.25, -0.2) is 0 Å². The number of aliphatic hydroxyl groups is 1. The Morgan fingerprint density at radius 2 is 2.33 bits per heavy atom. The Kier molecular flexibility index (Phi) is 6.03. The highest BCUT2D eigenvalue weighted by Gasteiger charge is 2.14. The molecule has 0 radical (unpaired) electrons. The fourth-order valence-corrected chi connectivity index (χ4v) is 1.80. The second-order valence-electron chi connectivity index (χ2n) is 3.74. The number of hydrogen-bond acceptors (Lipinski definition) is 5. The van der Waals surface area contributed by atoms with Gasteiger partial charge in [0.05, 0.1) is 17.6 Å². The van der Waals surface area contributed by atoms with Crippen molar-refractivity contribution in [2.75, 3.05) is 25.6 Å². The number of aliphatic hydroxyl groups excluding tert-OH is 1.